The molecule has 0 bridgehead atoms. The normalized spacial score (nSPS) is 11.5. The molecule has 4 nitrogen and oxygen atoms in total. The zero-order chi connectivity index (χ0) is 17.3. The van der Waals surface area contributed by atoms with E-state index in [1.165, 1.54) is 25.4 Å². The SMILES string of the molecule is Cc1csc2sc(CN(C)C(=O)C=Cc3ccc(N)nc3)c(C)c12. The second-order valence-electron chi connectivity index (χ2n) is 5.78. The van der Waals surface area contributed by atoms with Gasteiger partial charge in [-0.2, -0.15) is 0 Å². The number of nitrogen functional groups attached to an aromatic ring is 1. The molecule has 1 amide bonds. The molecular formula is C18H19N3OS2. The van der Waals surface area contributed by atoms with Crippen LogP contribution in [-0.4, -0.2) is 22.8 Å². The number of likely N-dealkylation sites (N-methyl/N-ethyl adjacent to an activating group) is 1. The third kappa shape index (κ3) is 3.34. The predicted octanol–water partition coefficient (Wildman–Crippen LogP) is 4.23. The Bertz CT molecular complexity index is 906. The van der Waals surface area contributed by atoms with E-state index in [1.54, 1.807) is 52.0 Å². The van der Waals surface area contributed by atoms with Gasteiger partial charge in [-0.05, 0) is 54.1 Å². The van der Waals surface area contributed by atoms with Gasteiger partial charge in [0.2, 0.25) is 5.91 Å². The molecule has 0 aliphatic heterocycles. The molecule has 0 saturated heterocycles. The second-order valence-corrected chi connectivity index (χ2v) is 8.02. The molecule has 0 unspecified atom stereocenters. The summed E-state index contributed by atoms with van der Waals surface area (Å²) in [7, 11) is 1.83. The van der Waals surface area contributed by atoms with Crippen molar-refractivity contribution >= 4 is 49.9 Å². The summed E-state index contributed by atoms with van der Waals surface area (Å²) < 4.78 is 1.34. The molecule has 3 heterocycles. The minimum Gasteiger partial charge on any atom is -0.384 e. The first-order valence-corrected chi connectivity index (χ1v) is 9.26. The van der Waals surface area contributed by atoms with E-state index in [0.717, 1.165) is 5.56 Å². The number of thiophene rings is 2. The average Bonchev–Trinajstić information content (AvgIpc) is 3.07. The van der Waals surface area contributed by atoms with Crippen LogP contribution in [0.1, 0.15) is 21.6 Å². The van der Waals surface area contributed by atoms with Gasteiger partial charge in [0.25, 0.3) is 0 Å². The number of anilines is 1. The minimum absolute atomic E-state index is 0.0281. The van der Waals surface area contributed by atoms with Crippen molar-refractivity contribution in [3.05, 3.63) is 51.4 Å². The van der Waals surface area contributed by atoms with Crippen LogP contribution in [0.3, 0.4) is 0 Å². The van der Waals surface area contributed by atoms with Gasteiger partial charge < -0.3 is 10.6 Å². The van der Waals surface area contributed by atoms with Crippen LogP contribution in [0.15, 0.2) is 29.8 Å². The number of pyridine rings is 1. The van der Waals surface area contributed by atoms with E-state index in [0.29, 0.717) is 12.4 Å². The quantitative estimate of drug-likeness (QED) is 0.711. The topological polar surface area (TPSA) is 59.2 Å². The Hall–Kier alpha value is -2.18. The van der Waals surface area contributed by atoms with Crippen molar-refractivity contribution in [2.45, 2.75) is 20.4 Å². The van der Waals surface area contributed by atoms with E-state index in [9.17, 15) is 4.79 Å². The van der Waals surface area contributed by atoms with Crippen LogP contribution in [0.5, 0.6) is 0 Å². The maximum Gasteiger partial charge on any atom is 0.246 e. The number of nitrogens with two attached hydrogens (primary N) is 1. The van der Waals surface area contributed by atoms with Gasteiger partial charge in [0, 0.05) is 29.6 Å². The van der Waals surface area contributed by atoms with Gasteiger partial charge in [0.05, 0.1) is 10.6 Å². The van der Waals surface area contributed by atoms with Crippen LogP contribution in [0, 0.1) is 13.8 Å². The smallest absolute Gasteiger partial charge is 0.246 e. The number of fused-ring (bicyclic) bond motifs is 1. The van der Waals surface area contributed by atoms with Crippen molar-refractivity contribution in [2.75, 3.05) is 12.8 Å². The highest BCUT2D eigenvalue weighted by Crippen LogP contribution is 2.37. The molecule has 3 aromatic heterocycles. The first-order valence-electron chi connectivity index (χ1n) is 7.56. The highest BCUT2D eigenvalue weighted by Gasteiger charge is 2.15. The Labute approximate surface area is 149 Å². The highest BCUT2D eigenvalue weighted by atomic mass is 32.2. The van der Waals surface area contributed by atoms with Gasteiger partial charge in [0.1, 0.15) is 5.82 Å². The number of hydrogen-bond acceptors (Lipinski definition) is 5. The lowest BCUT2D eigenvalue weighted by Gasteiger charge is -2.14. The van der Waals surface area contributed by atoms with Crippen molar-refractivity contribution in [1.29, 1.82) is 0 Å². The van der Waals surface area contributed by atoms with Crippen molar-refractivity contribution in [1.82, 2.24) is 9.88 Å². The second kappa shape index (κ2) is 6.75. The third-order valence-electron chi connectivity index (χ3n) is 3.93. The fourth-order valence-electron chi connectivity index (χ4n) is 2.53. The Kier molecular flexibility index (Phi) is 4.69. The number of rotatable bonds is 4. The summed E-state index contributed by atoms with van der Waals surface area (Å²) in [6.07, 6.45) is 4.98. The molecule has 2 N–H and O–H groups in total. The summed E-state index contributed by atoms with van der Waals surface area (Å²) in [5, 5.41) is 3.54. The van der Waals surface area contributed by atoms with E-state index in [1.807, 2.05) is 13.1 Å². The standard InChI is InChI=1S/C18H19N3OS2/c1-11-10-23-18-17(11)12(2)14(24-18)9-21(3)16(22)7-5-13-4-6-15(19)20-8-13/h4-8,10H,9H2,1-3H3,(H2,19,20). The van der Waals surface area contributed by atoms with Crippen molar-refractivity contribution < 1.29 is 4.79 Å². The molecule has 0 aromatic carbocycles. The molecule has 0 radical (unpaired) electrons. The molecule has 3 aromatic rings. The van der Waals surface area contributed by atoms with Crippen LogP contribution < -0.4 is 5.73 Å². The molecule has 0 atom stereocenters. The van der Waals surface area contributed by atoms with E-state index < -0.39 is 0 Å². The molecule has 0 fully saturated rings. The fourth-order valence-corrected chi connectivity index (χ4v) is 5.15. The number of amides is 1. The molecule has 0 aliphatic rings. The van der Waals surface area contributed by atoms with Crippen molar-refractivity contribution in [3.8, 4) is 0 Å². The number of nitrogens with zero attached hydrogens (tertiary/aromatic N) is 2. The van der Waals surface area contributed by atoms with E-state index >= 15 is 0 Å². The van der Waals surface area contributed by atoms with Crippen molar-refractivity contribution in [3.63, 3.8) is 0 Å². The molecule has 3 rings (SSSR count). The van der Waals surface area contributed by atoms with Gasteiger partial charge in [-0.3, -0.25) is 4.79 Å². The van der Waals surface area contributed by atoms with Crippen LogP contribution >= 0.6 is 22.7 Å². The highest BCUT2D eigenvalue weighted by molar-refractivity contribution is 7.37. The molecule has 0 aliphatic carbocycles. The Morgan fingerprint density at radius 3 is 2.83 bits per heavy atom. The van der Waals surface area contributed by atoms with Crippen LogP contribution in [0.4, 0.5) is 5.82 Å². The summed E-state index contributed by atoms with van der Waals surface area (Å²) in [6.45, 7) is 4.91. The average molecular weight is 358 g/mol. The van der Waals surface area contributed by atoms with Crippen LogP contribution in [0.25, 0.3) is 15.5 Å². The maximum absolute atomic E-state index is 12.3. The van der Waals surface area contributed by atoms with Gasteiger partial charge in [-0.25, -0.2) is 4.98 Å². The van der Waals surface area contributed by atoms with Crippen LogP contribution in [-0.2, 0) is 11.3 Å². The summed E-state index contributed by atoms with van der Waals surface area (Å²) in [4.78, 5) is 19.3. The molecule has 6 heteroatoms. The molecule has 0 saturated carbocycles. The largest absolute Gasteiger partial charge is 0.384 e. The maximum atomic E-state index is 12.3. The van der Waals surface area contributed by atoms with Crippen molar-refractivity contribution in [2.24, 2.45) is 0 Å². The molecule has 124 valence electrons. The summed E-state index contributed by atoms with van der Waals surface area (Å²) >= 11 is 3.56. The first-order chi connectivity index (χ1) is 11.5. The zero-order valence-corrected chi connectivity index (χ0v) is 15.5. The summed E-state index contributed by atoms with van der Waals surface area (Å²) in [5.41, 5.74) is 9.02. The van der Waals surface area contributed by atoms with E-state index in [4.69, 9.17) is 5.73 Å². The zero-order valence-electron chi connectivity index (χ0n) is 13.9. The number of aromatic nitrogens is 1. The lowest BCUT2D eigenvalue weighted by atomic mass is 10.1. The van der Waals surface area contributed by atoms with Gasteiger partial charge in [0.15, 0.2) is 0 Å². The number of carbonyl (C=O) groups is 1. The summed E-state index contributed by atoms with van der Waals surface area (Å²) in [5.74, 6) is 0.443. The minimum atomic E-state index is -0.0281. The number of carbonyl (C=O) groups excluding carboxylic acids is 1. The summed E-state index contributed by atoms with van der Waals surface area (Å²) in [6, 6.07) is 3.56. The van der Waals surface area contributed by atoms with Gasteiger partial charge >= 0.3 is 0 Å². The van der Waals surface area contributed by atoms with E-state index in [-0.39, 0.29) is 5.91 Å². The van der Waals surface area contributed by atoms with Gasteiger partial charge in [-0.1, -0.05) is 0 Å². The predicted molar refractivity (Wildman–Crippen MR) is 103 cm³/mol. The molecule has 0 spiro atoms. The Morgan fingerprint density at radius 1 is 1.38 bits per heavy atom. The molecule has 24 heavy (non-hydrogen) atoms. The monoisotopic (exact) mass is 357 g/mol. The Balaban J connectivity index is 1.71. The van der Waals surface area contributed by atoms with Gasteiger partial charge in [-0.15, -0.1) is 22.7 Å². The fraction of sp³-hybridized carbons (Fsp3) is 0.222. The lowest BCUT2D eigenvalue weighted by Crippen LogP contribution is -2.23. The number of aryl methyl sites for hydroxylation is 2. The van der Waals surface area contributed by atoms with Crippen LogP contribution in [0.2, 0.25) is 0 Å². The number of hydrogen-bond donors (Lipinski definition) is 1. The Morgan fingerprint density at radius 2 is 2.17 bits per heavy atom. The third-order valence-corrected chi connectivity index (χ3v) is 6.43. The first kappa shape index (κ1) is 16.7. The molecular weight excluding hydrogens is 338 g/mol. The van der Waals surface area contributed by atoms with E-state index in [2.05, 4.69) is 24.2 Å². The lowest BCUT2D eigenvalue weighted by molar-refractivity contribution is -0.125.